The van der Waals surface area contributed by atoms with Crippen molar-refractivity contribution in [2.75, 3.05) is 13.2 Å². The van der Waals surface area contributed by atoms with E-state index in [1.165, 1.54) is 31.0 Å². The maximum Gasteiger partial charge on any atom is 0.522 e. The smallest absolute Gasteiger partial charge is 0.451 e. The van der Waals surface area contributed by atoms with E-state index in [-0.39, 0.29) is 6.54 Å². The van der Waals surface area contributed by atoms with Gasteiger partial charge in [-0.1, -0.05) is 51.1 Å². The number of primary amides is 1. The van der Waals surface area contributed by atoms with Crippen LogP contribution in [-0.2, 0) is 35.1 Å². The number of nitrogens with two attached hydrogens (primary N) is 1. The number of ether oxygens (including phenoxy) is 2. The number of fused-ring (bicyclic) bond motifs is 1. The molecule has 1 saturated heterocycles. The number of hydrazine groups is 1. The van der Waals surface area contributed by atoms with Crippen LogP contribution in [0.5, 0.6) is 0 Å². The van der Waals surface area contributed by atoms with Gasteiger partial charge in [-0.05, 0) is 56.7 Å². The molecule has 0 spiro atoms. The zero-order valence-corrected chi connectivity index (χ0v) is 25.9. The molecule has 2 heterocycles. The number of rotatable bonds is 12. The summed E-state index contributed by atoms with van der Waals surface area (Å²) in [6, 6.07) is 7.27. The average Bonchev–Trinajstić information content (AvgIpc) is 2.99. The highest BCUT2D eigenvalue weighted by atomic mass is 19.4. The van der Waals surface area contributed by atoms with E-state index in [2.05, 4.69) is 20.5 Å². The van der Waals surface area contributed by atoms with Crippen LogP contribution < -0.4 is 16.5 Å². The number of hydrogen-bond acceptors (Lipinski definition) is 8. The Balaban J connectivity index is 1.79. The number of carbonyl (C=O) groups is 4. The van der Waals surface area contributed by atoms with Crippen molar-refractivity contribution in [3.05, 3.63) is 47.7 Å². The monoisotopic (exact) mass is 635 g/mol. The zero-order valence-electron chi connectivity index (χ0n) is 25.9. The molecular formula is C31H40F3N5O6. The first kappa shape index (κ1) is 35.4. The fourth-order valence-corrected chi connectivity index (χ4v) is 4.65. The zero-order chi connectivity index (χ0) is 33.5. The molecule has 4 N–H and O–H groups in total. The summed E-state index contributed by atoms with van der Waals surface area (Å²) < 4.78 is 48.8. The quantitative estimate of drug-likeness (QED) is 0.300. The third kappa shape index (κ3) is 9.72. The number of aromatic nitrogens is 1. The third-order valence-electron chi connectivity index (χ3n) is 7.40. The lowest BCUT2D eigenvalue weighted by atomic mass is 9.90. The highest BCUT2D eigenvalue weighted by Crippen LogP contribution is 2.29. The Labute approximate surface area is 259 Å². The van der Waals surface area contributed by atoms with Gasteiger partial charge >= 0.3 is 12.3 Å². The standard InChI is InChI=1S/C31H40F3N5O6/c1-6-22-12-11-21-10-9-20(16-24(21)37-22)13-14-30(5,17-44-31(32,33)34)29(43)45-25(18(2)3)27(41)36-19(4)28(42)39-15-7-8-23(38-39)26(35)40/h9-14,16,18-19,23,25,38H,6-8,15,17H2,1-5H3,(H2,35,40)(H,36,41)/b14-13+/t19?,23?,25?,30-/m1/s1. The third-order valence-corrected chi connectivity index (χ3v) is 7.40. The molecule has 0 radical (unpaired) electrons. The fraction of sp³-hybridized carbons (Fsp3) is 0.516. The number of benzene rings is 1. The molecule has 3 unspecified atom stereocenters. The van der Waals surface area contributed by atoms with E-state index in [0.29, 0.717) is 23.9 Å². The number of esters is 1. The minimum absolute atomic E-state index is 0.280. The molecule has 11 nitrogen and oxygen atoms in total. The predicted molar refractivity (Wildman–Crippen MR) is 160 cm³/mol. The second-order valence-corrected chi connectivity index (χ2v) is 11.6. The van der Waals surface area contributed by atoms with Crippen molar-refractivity contribution in [2.24, 2.45) is 17.1 Å². The molecule has 3 rings (SSSR count). The average molecular weight is 636 g/mol. The Morgan fingerprint density at radius 2 is 1.87 bits per heavy atom. The van der Waals surface area contributed by atoms with Crippen LogP contribution in [0.15, 0.2) is 36.4 Å². The molecule has 246 valence electrons. The normalized spacial score (nSPS) is 18.4. The Kier molecular flexibility index (Phi) is 11.7. The molecule has 2 aromatic rings. The summed E-state index contributed by atoms with van der Waals surface area (Å²) in [5.74, 6) is -3.74. The van der Waals surface area contributed by atoms with Crippen molar-refractivity contribution in [2.45, 2.75) is 78.4 Å². The van der Waals surface area contributed by atoms with Gasteiger partial charge in [-0.25, -0.2) is 5.43 Å². The number of alkyl halides is 3. The van der Waals surface area contributed by atoms with Crippen molar-refractivity contribution in [3.63, 3.8) is 0 Å². The van der Waals surface area contributed by atoms with Gasteiger partial charge in [0.2, 0.25) is 5.91 Å². The van der Waals surface area contributed by atoms with E-state index >= 15 is 0 Å². The number of nitrogens with one attached hydrogen (secondary N) is 2. The van der Waals surface area contributed by atoms with Gasteiger partial charge in [0, 0.05) is 17.6 Å². The first-order valence-electron chi connectivity index (χ1n) is 14.7. The highest BCUT2D eigenvalue weighted by Gasteiger charge is 2.42. The van der Waals surface area contributed by atoms with Crippen molar-refractivity contribution in [3.8, 4) is 0 Å². The Bertz CT molecular complexity index is 1430. The molecular weight excluding hydrogens is 595 g/mol. The second-order valence-electron chi connectivity index (χ2n) is 11.6. The first-order chi connectivity index (χ1) is 21.0. The molecule has 1 aliphatic heterocycles. The summed E-state index contributed by atoms with van der Waals surface area (Å²) in [6.45, 7) is 6.93. The van der Waals surface area contributed by atoms with Gasteiger partial charge in [0.15, 0.2) is 6.10 Å². The topological polar surface area (TPSA) is 153 Å². The van der Waals surface area contributed by atoms with Crippen LogP contribution in [-0.4, -0.2) is 71.4 Å². The number of hydrogen-bond donors (Lipinski definition) is 3. The molecule has 0 aliphatic carbocycles. The molecule has 4 atom stereocenters. The van der Waals surface area contributed by atoms with Gasteiger partial charge in [-0.2, -0.15) is 0 Å². The Morgan fingerprint density at radius 1 is 1.18 bits per heavy atom. The molecule has 1 aromatic heterocycles. The summed E-state index contributed by atoms with van der Waals surface area (Å²) in [5, 5.41) is 4.57. The van der Waals surface area contributed by atoms with Gasteiger partial charge in [0.05, 0.1) is 12.1 Å². The fourth-order valence-electron chi connectivity index (χ4n) is 4.65. The lowest BCUT2D eigenvalue weighted by Crippen LogP contribution is -2.60. The molecule has 0 bridgehead atoms. The van der Waals surface area contributed by atoms with E-state index in [1.54, 1.807) is 32.0 Å². The lowest BCUT2D eigenvalue weighted by Gasteiger charge is -2.34. The molecule has 1 aromatic carbocycles. The minimum atomic E-state index is -5.03. The van der Waals surface area contributed by atoms with Crippen LogP contribution in [0.2, 0.25) is 0 Å². The molecule has 1 aliphatic rings. The maximum atomic E-state index is 13.4. The Hall–Kier alpha value is -4.04. The second kappa shape index (κ2) is 14.8. The number of aryl methyl sites for hydroxylation is 1. The number of carbonyl (C=O) groups excluding carboxylic acids is 4. The summed E-state index contributed by atoms with van der Waals surface area (Å²) in [5.41, 5.74) is 8.23. The summed E-state index contributed by atoms with van der Waals surface area (Å²) in [7, 11) is 0. The number of halogens is 3. The summed E-state index contributed by atoms with van der Waals surface area (Å²) in [6.07, 6.45) is -2.08. The summed E-state index contributed by atoms with van der Waals surface area (Å²) >= 11 is 0. The van der Waals surface area contributed by atoms with Crippen LogP contribution in [0.4, 0.5) is 13.2 Å². The van der Waals surface area contributed by atoms with Crippen LogP contribution in [0, 0.1) is 11.3 Å². The van der Waals surface area contributed by atoms with Crippen LogP contribution >= 0.6 is 0 Å². The van der Waals surface area contributed by atoms with E-state index < -0.39 is 66.2 Å². The maximum absolute atomic E-state index is 13.4. The van der Waals surface area contributed by atoms with Crippen molar-refractivity contribution in [1.82, 2.24) is 20.7 Å². The van der Waals surface area contributed by atoms with Gasteiger partial charge < -0.3 is 15.8 Å². The molecule has 45 heavy (non-hydrogen) atoms. The van der Waals surface area contributed by atoms with Gasteiger partial charge in [-0.15, -0.1) is 13.2 Å². The SMILES string of the molecule is CCc1ccc2ccc(/C=C/[C@](C)(COC(F)(F)F)C(=O)OC(C(=O)NC(C)C(=O)N3CCCC(C(N)=O)N3)C(C)C)cc2n1. The van der Waals surface area contributed by atoms with Gasteiger partial charge in [0.1, 0.15) is 17.5 Å². The lowest BCUT2D eigenvalue weighted by molar-refractivity contribution is -0.330. The van der Waals surface area contributed by atoms with Crippen LogP contribution in [0.1, 0.15) is 58.7 Å². The first-order valence-corrected chi connectivity index (χ1v) is 14.7. The molecule has 3 amide bonds. The van der Waals surface area contributed by atoms with Gasteiger partial charge in [-0.3, -0.25) is 33.9 Å². The predicted octanol–water partition coefficient (Wildman–Crippen LogP) is 3.41. The van der Waals surface area contributed by atoms with Crippen molar-refractivity contribution in [1.29, 1.82) is 0 Å². The van der Waals surface area contributed by atoms with Crippen molar-refractivity contribution >= 4 is 40.7 Å². The summed E-state index contributed by atoms with van der Waals surface area (Å²) in [4.78, 5) is 55.7. The van der Waals surface area contributed by atoms with Crippen molar-refractivity contribution < 1.29 is 41.8 Å². The minimum Gasteiger partial charge on any atom is -0.451 e. The van der Waals surface area contributed by atoms with E-state index in [4.69, 9.17) is 10.5 Å². The number of nitrogens with zero attached hydrogens (tertiary/aromatic N) is 2. The van der Waals surface area contributed by atoms with E-state index in [9.17, 15) is 32.3 Å². The largest absolute Gasteiger partial charge is 0.522 e. The highest BCUT2D eigenvalue weighted by molar-refractivity contribution is 5.91. The Morgan fingerprint density at radius 3 is 2.49 bits per heavy atom. The number of amides is 3. The van der Waals surface area contributed by atoms with E-state index in [0.717, 1.165) is 17.5 Å². The van der Waals surface area contributed by atoms with Crippen LogP contribution in [0.25, 0.3) is 17.0 Å². The number of pyridine rings is 1. The van der Waals surface area contributed by atoms with Gasteiger partial charge in [0.25, 0.3) is 11.8 Å². The van der Waals surface area contributed by atoms with E-state index in [1.807, 2.05) is 19.1 Å². The van der Waals surface area contributed by atoms with Crippen LogP contribution in [0.3, 0.4) is 0 Å². The molecule has 14 heteroatoms. The molecule has 1 fully saturated rings. The molecule has 0 saturated carbocycles.